The van der Waals surface area contributed by atoms with Crippen LogP contribution in [0.5, 0.6) is 0 Å². The second-order valence-corrected chi connectivity index (χ2v) is 8.01. The van der Waals surface area contributed by atoms with Crippen molar-refractivity contribution >= 4 is 5.91 Å². The fraction of sp³-hybridized carbons (Fsp3) is 0.944. The highest BCUT2D eigenvalue weighted by molar-refractivity contribution is 5.76. The number of amides is 1. The number of hydrogen-bond acceptors (Lipinski definition) is 2. The van der Waals surface area contributed by atoms with Gasteiger partial charge in [0.2, 0.25) is 5.91 Å². The van der Waals surface area contributed by atoms with E-state index < -0.39 is 0 Å². The lowest BCUT2D eigenvalue weighted by Crippen LogP contribution is -2.43. The molecule has 2 bridgehead atoms. The highest BCUT2D eigenvalue weighted by atomic mass is 16.1. The standard InChI is InChI=1S/C18H30N2O/c21-18(8-7-13-4-1-2-9-19-13)20-17-11-12-10-16(17)15-6-3-5-14(12)15/h12-17,19H,1-11H2,(H,20,21). The maximum Gasteiger partial charge on any atom is 0.220 e. The lowest BCUT2D eigenvalue weighted by Gasteiger charge is -2.32. The van der Waals surface area contributed by atoms with Crippen molar-refractivity contribution in [1.82, 2.24) is 10.6 Å². The summed E-state index contributed by atoms with van der Waals surface area (Å²) < 4.78 is 0. The van der Waals surface area contributed by atoms with Gasteiger partial charge in [0.25, 0.3) is 0 Å². The molecule has 6 unspecified atom stereocenters. The van der Waals surface area contributed by atoms with Gasteiger partial charge in [-0.2, -0.15) is 0 Å². The molecule has 6 atom stereocenters. The van der Waals surface area contributed by atoms with Crippen LogP contribution in [0.2, 0.25) is 0 Å². The van der Waals surface area contributed by atoms with Gasteiger partial charge in [-0.3, -0.25) is 4.79 Å². The monoisotopic (exact) mass is 290 g/mol. The highest BCUT2D eigenvalue weighted by Crippen LogP contribution is 2.58. The Morgan fingerprint density at radius 3 is 2.76 bits per heavy atom. The molecule has 0 spiro atoms. The second-order valence-electron chi connectivity index (χ2n) is 8.01. The average molecular weight is 290 g/mol. The molecule has 118 valence electrons. The Morgan fingerprint density at radius 2 is 1.90 bits per heavy atom. The van der Waals surface area contributed by atoms with Crippen molar-refractivity contribution in [3.63, 3.8) is 0 Å². The Labute approximate surface area is 128 Å². The Balaban J connectivity index is 1.24. The van der Waals surface area contributed by atoms with Crippen LogP contribution in [0, 0.1) is 23.7 Å². The van der Waals surface area contributed by atoms with Crippen LogP contribution in [-0.4, -0.2) is 24.5 Å². The van der Waals surface area contributed by atoms with Crippen molar-refractivity contribution in [2.24, 2.45) is 23.7 Å². The molecule has 3 saturated carbocycles. The van der Waals surface area contributed by atoms with E-state index in [0.29, 0.717) is 18.0 Å². The minimum atomic E-state index is 0.314. The van der Waals surface area contributed by atoms with E-state index >= 15 is 0 Å². The molecular weight excluding hydrogens is 260 g/mol. The summed E-state index contributed by atoms with van der Waals surface area (Å²) in [5.74, 6) is 4.05. The molecule has 2 N–H and O–H groups in total. The maximum atomic E-state index is 12.3. The first kappa shape index (κ1) is 14.0. The third kappa shape index (κ3) is 2.74. The van der Waals surface area contributed by atoms with Crippen LogP contribution in [0.3, 0.4) is 0 Å². The predicted octanol–water partition coefficient (Wildman–Crippen LogP) is 2.85. The molecule has 4 fully saturated rings. The Morgan fingerprint density at radius 1 is 1.00 bits per heavy atom. The van der Waals surface area contributed by atoms with Crippen molar-refractivity contribution < 1.29 is 4.79 Å². The smallest absolute Gasteiger partial charge is 0.220 e. The summed E-state index contributed by atoms with van der Waals surface area (Å²) in [6, 6.07) is 1.10. The third-order valence-corrected chi connectivity index (χ3v) is 6.91. The number of rotatable bonds is 4. The zero-order valence-electron chi connectivity index (χ0n) is 13.2. The number of hydrogen-bond donors (Lipinski definition) is 2. The topological polar surface area (TPSA) is 41.1 Å². The molecule has 0 aromatic heterocycles. The molecule has 0 aromatic carbocycles. The van der Waals surface area contributed by atoms with Crippen molar-refractivity contribution in [1.29, 1.82) is 0 Å². The van der Waals surface area contributed by atoms with Gasteiger partial charge >= 0.3 is 0 Å². The minimum absolute atomic E-state index is 0.314. The van der Waals surface area contributed by atoms with Crippen LogP contribution < -0.4 is 10.6 Å². The predicted molar refractivity (Wildman–Crippen MR) is 83.9 cm³/mol. The van der Waals surface area contributed by atoms with Crippen LogP contribution in [0.1, 0.15) is 64.2 Å². The van der Waals surface area contributed by atoms with E-state index in [0.717, 1.165) is 43.1 Å². The molecule has 1 aliphatic heterocycles. The zero-order valence-corrected chi connectivity index (χ0v) is 13.2. The van der Waals surface area contributed by atoms with E-state index in [-0.39, 0.29) is 0 Å². The van der Waals surface area contributed by atoms with Gasteiger partial charge in [-0.15, -0.1) is 0 Å². The lowest BCUT2D eigenvalue weighted by atomic mass is 9.79. The number of fused-ring (bicyclic) bond motifs is 5. The zero-order chi connectivity index (χ0) is 14.2. The van der Waals surface area contributed by atoms with Crippen molar-refractivity contribution in [3.05, 3.63) is 0 Å². The van der Waals surface area contributed by atoms with Gasteiger partial charge in [0.1, 0.15) is 0 Å². The van der Waals surface area contributed by atoms with Gasteiger partial charge in [-0.05, 0) is 75.2 Å². The van der Waals surface area contributed by atoms with Gasteiger partial charge in [0.05, 0.1) is 0 Å². The molecule has 4 aliphatic rings. The molecule has 3 nitrogen and oxygen atoms in total. The summed E-state index contributed by atoms with van der Waals surface area (Å²) >= 11 is 0. The van der Waals surface area contributed by atoms with E-state index in [1.165, 1.54) is 51.4 Å². The number of piperidine rings is 1. The molecule has 1 saturated heterocycles. The summed E-state index contributed by atoms with van der Waals surface area (Å²) in [7, 11) is 0. The van der Waals surface area contributed by atoms with Crippen molar-refractivity contribution in [2.75, 3.05) is 6.54 Å². The SMILES string of the molecule is O=C(CCC1CCCCN1)NC1CC2CC1C1CCCC21. The summed E-state index contributed by atoms with van der Waals surface area (Å²) in [4.78, 5) is 12.3. The highest BCUT2D eigenvalue weighted by Gasteiger charge is 2.53. The van der Waals surface area contributed by atoms with Crippen LogP contribution in [-0.2, 0) is 4.79 Å². The Hall–Kier alpha value is -0.570. The summed E-state index contributed by atoms with van der Waals surface area (Å²) in [5, 5.41) is 6.94. The van der Waals surface area contributed by atoms with Crippen LogP contribution in [0.4, 0.5) is 0 Å². The third-order valence-electron chi connectivity index (χ3n) is 6.91. The summed E-state index contributed by atoms with van der Waals surface area (Å²) in [5.41, 5.74) is 0. The molecule has 21 heavy (non-hydrogen) atoms. The van der Waals surface area contributed by atoms with Crippen LogP contribution in [0.15, 0.2) is 0 Å². The van der Waals surface area contributed by atoms with Gasteiger partial charge in [-0.25, -0.2) is 0 Å². The molecule has 3 heteroatoms. The van der Waals surface area contributed by atoms with Gasteiger partial charge < -0.3 is 10.6 Å². The van der Waals surface area contributed by atoms with E-state index in [4.69, 9.17) is 0 Å². The first-order valence-corrected chi connectivity index (χ1v) is 9.34. The van der Waals surface area contributed by atoms with E-state index in [9.17, 15) is 4.79 Å². The molecule has 0 radical (unpaired) electrons. The molecular formula is C18H30N2O. The van der Waals surface area contributed by atoms with E-state index in [2.05, 4.69) is 10.6 Å². The first-order chi connectivity index (χ1) is 10.3. The fourth-order valence-electron chi connectivity index (χ4n) is 5.99. The molecule has 0 aromatic rings. The van der Waals surface area contributed by atoms with Crippen LogP contribution >= 0.6 is 0 Å². The largest absolute Gasteiger partial charge is 0.353 e. The van der Waals surface area contributed by atoms with Crippen molar-refractivity contribution in [2.45, 2.75) is 76.3 Å². The molecule has 4 rings (SSSR count). The maximum absolute atomic E-state index is 12.3. The van der Waals surface area contributed by atoms with Crippen LogP contribution in [0.25, 0.3) is 0 Å². The lowest BCUT2D eigenvalue weighted by molar-refractivity contribution is -0.122. The number of carbonyl (C=O) groups excluding carboxylic acids is 1. The normalized spacial score (nSPS) is 44.8. The minimum Gasteiger partial charge on any atom is -0.353 e. The van der Waals surface area contributed by atoms with Crippen molar-refractivity contribution in [3.8, 4) is 0 Å². The second kappa shape index (κ2) is 5.91. The Bertz CT molecular complexity index is 391. The molecule has 3 aliphatic carbocycles. The van der Waals surface area contributed by atoms with Gasteiger partial charge in [0.15, 0.2) is 0 Å². The summed E-state index contributed by atoms with van der Waals surface area (Å²) in [6.07, 6.45) is 12.7. The fourth-order valence-corrected chi connectivity index (χ4v) is 5.99. The van der Waals surface area contributed by atoms with Gasteiger partial charge in [-0.1, -0.05) is 12.8 Å². The quantitative estimate of drug-likeness (QED) is 0.836. The average Bonchev–Trinajstić information content (AvgIpc) is 3.18. The van der Waals surface area contributed by atoms with Gasteiger partial charge in [0, 0.05) is 18.5 Å². The van der Waals surface area contributed by atoms with E-state index in [1.807, 2.05) is 0 Å². The first-order valence-electron chi connectivity index (χ1n) is 9.34. The number of carbonyl (C=O) groups is 1. The number of nitrogens with one attached hydrogen (secondary N) is 2. The Kier molecular flexibility index (Phi) is 3.95. The van der Waals surface area contributed by atoms with E-state index in [1.54, 1.807) is 0 Å². The molecule has 1 heterocycles. The summed E-state index contributed by atoms with van der Waals surface area (Å²) in [6.45, 7) is 1.14. The molecule has 1 amide bonds.